The molecule has 2 rings (SSSR count). The number of hydrogen-bond acceptors (Lipinski definition) is 4. The van der Waals surface area contributed by atoms with E-state index in [1.54, 1.807) is 31.1 Å². The molecule has 1 amide bonds. The Kier molecular flexibility index (Phi) is 4.83. The first-order valence-electron chi connectivity index (χ1n) is 6.83. The third kappa shape index (κ3) is 3.22. The molecule has 2 atom stereocenters. The monoisotopic (exact) mass is 297 g/mol. The highest BCUT2D eigenvalue weighted by Crippen LogP contribution is 2.24. The number of halogens is 1. The van der Waals surface area contributed by atoms with Gasteiger partial charge in [-0.15, -0.1) is 0 Å². The molecule has 5 nitrogen and oxygen atoms in total. The topological polar surface area (TPSA) is 65.5 Å². The smallest absolute Gasteiger partial charge is 0.254 e. The Balaban J connectivity index is 2.19. The van der Waals surface area contributed by atoms with Crippen molar-refractivity contribution < 1.29 is 9.90 Å². The Morgan fingerprint density at radius 1 is 1.45 bits per heavy atom. The van der Waals surface area contributed by atoms with E-state index in [1.165, 1.54) is 0 Å². The summed E-state index contributed by atoms with van der Waals surface area (Å²) in [5, 5.41) is 13.2. The number of aromatic nitrogens is 1. The Labute approximate surface area is 123 Å². The lowest BCUT2D eigenvalue weighted by molar-refractivity contribution is 0.0268. The van der Waals surface area contributed by atoms with Crippen LogP contribution in [0.5, 0.6) is 0 Å². The van der Waals surface area contributed by atoms with Crippen molar-refractivity contribution >= 4 is 23.3 Å². The molecule has 0 saturated heterocycles. The lowest BCUT2D eigenvalue weighted by Gasteiger charge is -2.35. The molecule has 2 unspecified atom stereocenters. The number of anilines is 1. The van der Waals surface area contributed by atoms with Crippen LogP contribution >= 0.6 is 11.6 Å². The molecule has 1 heterocycles. The van der Waals surface area contributed by atoms with Gasteiger partial charge in [-0.1, -0.05) is 24.4 Å². The van der Waals surface area contributed by atoms with Gasteiger partial charge in [0.2, 0.25) is 0 Å². The second-order valence-corrected chi connectivity index (χ2v) is 5.54. The van der Waals surface area contributed by atoms with Crippen LogP contribution < -0.4 is 5.32 Å². The Morgan fingerprint density at radius 3 is 2.80 bits per heavy atom. The van der Waals surface area contributed by atoms with Gasteiger partial charge >= 0.3 is 0 Å². The Morgan fingerprint density at radius 2 is 2.15 bits per heavy atom. The van der Waals surface area contributed by atoms with Crippen LogP contribution in [0.25, 0.3) is 0 Å². The van der Waals surface area contributed by atoms with Gasteiger partial charge in [-0.05, 0) is 25.0 Å². The molecule has 2 N–H and O–H groups in total. The maximum Gasteiger partial charge on any atom is 0.254 e. The average molecular weight is 298 g/mol. The van der Waals surface area contributed by atoms with Gasteiger partial charge < -0.3 is 15.3 Å². The van der Waals surface area contributed by atoms with Crippen LogP contribution in [0, 0.1) is 0 Å². The van der Waals surface area contributed by atoms with Gasteiger partial charge in [-0.25, -0.2) is 4.98 Å². The van der Waals surface area contributed by atoms with E-state index in [1.807, 2.05) is 0 Å². The summed E-state index contributed by atoms with van der Waals surface area (Å²) in [6.07, 6.45) is 3.20. The van der Waals surface area contributed by atoms with Crippen molar-refractivity contribution in [3.8, 4) is 0 Å². The molecule has 1 aliphatic rings. The SMILES string of the molecule is CNc1cc(C(=O)N(C)C2CCCCC2O)cc(Cl)n1. The number of nitrogens with zero attached hydrogens (tertiary/aromatic N) is 2. The minimum Gasteiger partial charge on any atom is -0.391 e. The van der Waals surface area contributed by atoms with Gasteiger partial charge in [-0.2, -0.15) is 0 Å². The summed E-state index contributed by atoms with van der Waals surface area (Å²) in [6, 6.07) is 3.09. The lowest BCUT2D eigenvalue weighted by Crippen LogP contribution is -2.46. The number of rotatable bonds is 3. The van der Waals surface area contributed by atoms with E-state index in [9.17, 15) is 9.90 Å². The maximum absolute atomic E-state index is 12.5. The summed E-state index contributed by atoms with van der Waals surface area (Å²) >= 11 is 5.92. The molecule has 0 bridgehead atoms. The standard InChI is InChI=1S/C14H20ClN3O2/c1-16-13-8-9(7-12(15)17-13)14(20)18(2)10-5-3-4-6-11(10)19/h7-8,10-11,19H,3-6H2,1-2H3,(H,16,17). The molecule has 1 fully saturated rings. The highest BCUT2D eigenvalue weighted by Gasteiger charge is 2.30. The third-order valence-corrected chi connectivity index (χ3v) is 4.00. The van der Waals surface area contributed by atoms with E-state index in [-0.39, 0.29) is 17.1 Å². The number of carbonyl (C=O) groups is 1. The van der Waals surface area contributed by atoms with Crippen molar-refractivity contribution in [2.75, 3.05) is 19.4 Å². The molecule has 1 aromatic rings. The van der Waals surface area contributed by atoms with Gasteiger partial charge in [0.25, 0.3) is 5.91 Å². The third-order valence-electron chi connectivity index (χ3n) is 3.81. The van der Waals surface area contributed by atoms with Crippen molar-refractivity contribution in [2.45, 2.75) is 37.8 Å². The number of amides is 1. The van der Waals surface area contributed by atoms with E-state index in [2.05, 4.69) is 10.3 Å². The van der Waals surface area contributed by atoms with E-state index >= 15 is 0 Å². The first-order chi connectivity index (χ1) is 9.52. The molecular weight excluding hydrogens is 278 g/mol. The molecule has 1 aromatic heterocycles. The molecule has 6 heteroatoms. The van der Waals surface area contributed by atoms with E-state index in [4.69, 9.17) is 11.6 Å². The average Bonchev–Trinajstić information content (AvgIpc) is 2.45. The number of aliphatic hydroxyl groups is 1. The number of pyridine rings is 1. The fraction of sp³-hybridized carbons (Fsp3) is 0.571. The van der Waals surface area contributed by atoms with Crippen LogP contribution in [0.1, 0.15) is 36.0 Å². The summed E-state index contributed by atoms with van der Waals surface area (Å²) in [6.45, 7) is 0. The van der Waals surface area contributed by atoms with Crippen molar-refractivity contribution in [1.29, 1.82) is 0 Å². The minimum absolute atomic E-state index is 0.124. The van der Waals surface area contributed by atoms with Crippen LogP contribution in [0.3, 0.4) is 0 Å². The van der Waals surface area contributed by atoms with Gasteiger partial charge in [0.05, 0.1) is 12.1 Å². The number of hydrogen-bond donors (Lipinski definition) is 2. The quantitative estimate of drug-likeness (QED) is 0.839. The molecule has 0 aliphatic heterocycles. The van der Waals surface area contributed by atoms with Gasteiger partial charge in [0.1, 0.15) is 11.0 Å². The largest absolute Gasteiger partial charge is 0.391 e. The molecule has 0 radical (unpaired) electrons. The fourth-order valence-electron chi connectivity index (χ4n) is 2.65. The van der Waals surface area contributed by atoms with Gasteiger partial charge in [0, 0.05) is 19.7 Å². The number of carbonyl (C=O) groups excluding carboxylic acids is 1. The zero-order chi connectivity index (χ0) is 14.7. The van der Waals surface area contributed by atoms with Crippen LogP contribution in [0.4, 0.5) is 5.82 Å². The van der Waals surface area contributed by atoms with Crippen molar-refractivity contribution in [2.24, 2.45) is 0 Å². The minimum atomic E-state index is -0.446. The zero-order valence-electron chi connectivity index (χ0n) is 11.8. The predicted molar refractivity (Wildman–Crippen MR) is 79.2 cm³/mol. The maximum atomic E-state index is 12.5. The molecule has 0 aromatic carbocycles. The summed E-state index contributed by atoms with van der Waals surface area (Å²) in [7, 11) is 3.45. The predicted octanol–water partition coefficient (Wildman–Crippen LogP) is 2.15. The van der Waals surface area contributed by atoms with E-state index in [0.29, 0.717) is 11.4 Å². The van der Waals surface area contributed by atoms with Crippen molar-refractivity contribution in [3.05, 3.63) is 22.8 Å². The van der Waals surface area contributed by atoms with Crippen LogP contribution in [-0.2, 0) is 0 Å². The highest BCUT2D eigenvalue weighted by atomic mass is 35.5. The Bertz CT molecular complexity index is 495. The molecular formula is C14H20ClN3O2. The summed E-state index contributed by atoms with van der Waals surface area (Å²) < 4.78 is 0. The highest BCUT2D eigenvalue weighted by molar-refractivity contribution is 6.29. The van der Waals surface area contributed by atoms with Crippen LogP contribution in [-0.4, -0.2) is 47.1 Å². The van der Waals surface area contributed by atoms with Gasteiger partial charge in [0.15, 0.2) is 0 Å². The first kappa shape index (κ1) is 15.1. The molecule has 20 heavy (non-hydrogen) atoms. The van der Waals surface area contributed by atoms with E-state index < -0.39 is 6.10 Å². The zero-order valence-corrected chi connectivity index (χ0v) is 12.5. The lowest BCUT2D eigenvalue weighted by atomic mass is 9.91. The normalized spacial score (nSPS) is 22.4. The van der Waals surface area contributed by atoms with E-state index in [0.717, 1.165) is 25.7 Å². The van der Waals surface area contributed by atoms with Crippen LogP contribution in [0.15, 0.2) is 12.1 Å². The summed E-state index contributed by atoms with van der Waals surface area (Å²) in [5.41, 5.74) is 0.481. The molecule has 1 aliphatic carbocycles. The Hall–Kier alpha value is -1.33. The fourth-order valence-corrected chi connectivity index (χ4v) is 2.85. The molecule has 0 spiro atoms. The molecule has 1 saturated carbocycles. The van der Waals surface area contributed by atoms with Crippen molar-refractivity contribution in [3.63, 3.8) is 0 Å². The second kappa shape index (κ2) is 6.41. The number of aliphatic hydroxyl groups excluding tert-OH is 1. The summed E-state index contributed by atoms with van der Waals surface area (Å²) in [5.74, 6) is 0.412. The van der Waals surface area contributed by atoms with Crippen LogP contribution in [0.2, 0.25) is 5.15 Å². The number of nitrogens with one attached hydrogen (secondary N) is 1. The summed E-state index contributed by atoms with van der Waals surface area (Å²) in [4.78, 5) is 18.2. The second-order valence-electron chi connectivity index (χ2n) is 5.15. The molecule has 110 valence electrons. The van der Waals surface area contributed by atoms with Crippen molar-refractivity contribution in [1.82, 2.24) is 9.88 Å². The van der Waals surface area contributed by atoms with Gasteiger partial charge in [-0.3, -0.25) is 4.79 Å². The number of likely N-dealkylation sites (N-methyl/N-ethyl adjacent to an activating group) is 1. The first-order valence-corrected chi connectivity index (χ1v) is 7.21.